The van der Waals surface area contributed by atoms with Crippen molar-refractivity contribution in [3.8, 4) is 0 Å². The molecule has 1 aliphatic heterocycles. The van der Waals surface area contributed by atoms with Crippen LogP contribution in [0.4, 0.5) is 0 Å². The van der Waals surface area contributed by atoms with Gasteiger partial charge in [0.05, 0.1) is 0 Å². The summed E-state index contributed by atoms with van der Waals surface area (Å²) in [5, 5.41) is -0.140. The molecule has 0 aromatic carbocycles. The lowest BCUT2D eigenvalue weighted by Crippen LogP contribution is -2.38. The highest BCUT2D eigenvalue weighted by atomic mass is 32.2. The first-order valence-electron chi connectivity index (χ1n) is 6.12. The molecule has 0 N–H and O–H groups in total. The average Bonchev–Trinajstić information content (AvgIpc) is 2.72. The summed E-state index contributed by atoms with van der Waals surface area (Å²) in [7, 11) is -3.62. The highest BCUT2D eigenvalue weighted by Crippen LogP contribution is 2.25. The van der Waals surface area contributed by atoms with Crippen molar-refractivity contribution >= 4 is 16.3 Å². The number of hydrogen-bond donors (Lipinski definition) is 0. The SMILES string of the molecule is CC1CCCCCN1S(=O)(=O)c1ccc(C=O)o1. The van der Waals surface area contributed by atoms with Gasteiger partial charge in [-0.25, -0.2) is 8.42 Å². The zero-order chi connectivity index (χ0) is 13.2. The van der Waals surface area contributed by atoms with Crippen LogP contribution in [-0.2, 0) is 10.0 Å². The second kappa shape index (κ2) is 5.24. The van der Waals surface area contributed by atoms with Crippen molar-refractivity contribution in [2.45, 2.75) is 43.7 Å². The number of sulfonamides is 1. The minimum absolute atomic E-state index is 0.0257. The van der Waals surface area contributed by atoms with Crippen LogP contribution < -0.4 is 0 Å². The van der Waals surface area contributed by atoms with Gasteiger partial charge in [-0.15, -0.1) is 0 Å². The summed E-state index contributed by atoms with van der Waals surface area (Å²) in [6.45, 7) is 2.42. The van der Waals surface area contributed by atoms with Gasteiger partial charge >= 0.3 is 0 Å². The smallest absolute Gasteiger partial charge is 0.276 e. The minimum Gasteiger partial charge on any atom is -0.440 e. The number of furan rings is 1. The van der Waals surface area contributed by atoms with E-state index in [4.69, 9.17) is 4.42 Å². The van der Waals surface area contributed by atoms with E-state index >= 15 is 0 Å². The minimum atomic E-state index is -3.62. The molecule has 1 aromatic rings. The lowest BCUT2D eigenvalue weighted by atomic mass is 10.1. The molecule has 1 aliphatic rings. The van der Waals surface area contributed by atoms with Gasteiger partial charge in [0.25, 0.3) is 10.0 Å². The maximum Gasteiger partial charge on any atom is 0.276 e. The fraction of sp³-hybridized carbons (Fsp3) is 0.583. The molecule has 100 valence electrons. The van der Waals surface area contributed by atoms with Crippen LogP contribution in [0.5, 0.6) is 0 Å². The zero-order valence-corrected chi connectivity index (χ0v) is 11.1. The first-order chi connectivity index (χ1) is 8.55. The quantitative estimate of drug-likeness (QED) is 0.789. The van der Waals surface area contributed by atoms with Crippen molar-refractivity contribution in [1.82, 2.24) is 4.31 Å². The highest BCUT2D eigenvalue weighted by Gasteiger charge is 2.32. The number of aldehydes is 1. The van der Waals surface area contributed by atoms with Crippen molar-refractivity contribution in [2.75, 3.05) is 6.54 Å². The van der Waals surface area contributed by atoms with Gasteiger partial charge in [0, 0.05) is 12.6 Å². The third-order valence-electron chi connectivity index (χ3n) is 3.27. The summed E-state index contributed by atoms with van der Waals surface area (Å²) in [5.41, 5.74) is 0. The summed E-state index contributed by atoms with van der Waals surface area (Å²) in [6, 6.07) is 2.70. The van der Waals surface area contributed by atoms with Gasteiger partial charge in [-0.05, 0) is 31.9 Å². The molecule has 1 unspecified atom stereocenters. The number of rotatable bonds is 3. The fourth-order valence-corrected chi connectivity index (χ4v) is 3.88. The summed E-state index contributed by atoms with van der Waals surface area (Å²) in [6.07, 6.45) is 4.33. The van der Waals surface area contributed by atoms with Crippen LogP contribution in [0.2, 0.25) is 0 Å². The number of nitrogens with zero attached hydrogens (tertiary/aromatic N) is 1. The van der Waals surface area contributed by atoms with E-state index < -0.39 is 10.0 Å². The largest absolute Gasteiger partial charge is 0.440 e. The molecule has 0 saturated carbocycles. The van der Waals surface area contributed by atoms with E-state index in [2.05, 4.69) is 0 Å². The molecule has 0 bridgehead atoms. The Morgan fingerprint density at radius 1 is 1.33 bits per heavy atom. The maximum absolute atomic E-state index is 12.4. The first kappa shape index (κ1) is 13.3. The summed E-state index contributed by atoms with van der Waals surface area (Å²) < 4.78 is 31.3. The molecule has 2 rings (SSSR count). The van der Waals surface area contributed by atoms with Gasteiger partial charge in [0.1, 0.15) is 0 Å². The van der Waals surface area contributed by atoms with Gasteiger partial charge in [0.15, 0.2) is 12.0 Å². The molecular formula is C12H17NO4S. The van der Waals surface area contributed by atoms with Gasteiger partial charge in [-0.2, -0.15) is 4.31 Å². The van der Waals surface area contributed by atoms with Gasteiger partial charge < -0.3 is 4.42 Å². The molecule has 0 aliphatic carbocycles. The predicted octanol–water partition coefficient (Wildman–Crippen LogP) is 2.05. The third kappa shape index (κ3) is 2.49. The molecule has 5 nitrogen and oxygen atoms in total. The van der Waals surface area contributed by atoms with E-state index in [-0.39, 0.29) is 16.9 Å². The summed E-state index contributed by atoms with van der Waals surface area (Å²) in [4.78, 5) is 10.5. The zero-order valence-electron chi connectivity index (χ0n) is 10.3. The predicted molar refractivity (Wildman–Crippen MR) is 65.9 cm³/mol. The lowest BCUT2D eigenvalue weighted by molar-refractivity contribution is 0.109. The maximum atomic E-state index is 12.4. The normalized spacial score (nSPS) is 22.6. The van der Waals surface area contributed by atoms with Gasteiger partial charge in [0.2, 0.25) is 5.09 Å². The van der Waals surface area contributed by atoms with Crippen LogP contribution >= 0.6 is 0 Å². The second-order valence-corrected chi connectivity index (χ2v) is 6.41. The lowest BCUT2D eigenvalue weighted by Gasteiger charge is -2.24. The van der Waals surface area contributed by atoms with E-state index in [0.29, 0.717) is 12.8 Å². The fourth-order valence-electron chi connectivity index (χ4n) is 2.26. The highest BCUT2D eigenvalue weighted by molar-refractivity contribution is 7.89. The molecule has 1 atom stereocenters. The van der Waals surface area contributed by atoms with Crippen LogP contribution in [0.25, 0.3) is 0 Å². The third-order valence-corrected chi connectivity index (χ3v) is 5.16. The Hall–Kier alpha value is -1.14. The average molecular weight is 271 g/mol. The van der Waals surface area contributed by atoms with Crippen LogP contribution in [0.1, 0.15) is 43.2 Å². The monoisotopic (exact) mass is 271 g/mol. The van der Waals surface area contributed by atoms with Crippen molar-refractivity contribution < 1.29 is 17.6 Å². The first-order valence-corrected chi connectivity index (χ1v) is 7.56. The number of hydrogen-bond acceptors (Lipinski definition) is 4. The second-order valence-electron chi connectivity index (χ2n) is 4.59. The van der Waals surface area contributed by atoms with E-state index in [1.54, 1.807) is 0 Å². The molecule has 1 saturated heterocycles. The molecular weight excluding hydrogens is 254 g/mol. The molecule has 6 heteroatoms. The van der Waals surface area contributed by atoms with E-state index in [9.17, 15) is 13.2 Å². The van der Waals surface area contributed by atoms with E-state index in [1.165, 1.54) is 16.4 Å². The van der Waals surface area contributed by atoms with Crippen molar-refractivity contribution in [1.29, 1.82) is 0 Å². The van der Waals surface area contributed by atoms with Crippen LogP contribution in [0.3, 0.4) is 0 Å². The Morgan fingerprint density at radius 3 is 2.78 bits per heavy atom. The van der Waals surface area contributed by atoms with E-state index in [0.717, 1.165) is 25.7 Å². The van der Waals surface area contributed by atoms with Crippen molar-refractivity contribution in [2.24, 2.45) is 0 Å². The van der Waals surface area contributed by atoms with Crippen LogP contribution in [-0.4, -0.2) is 31.6 Å². The standard InChI is InChI=1S/C12H17NO4S/c1-10-5-3-2-4-8-13(10)18(15,16)12-7-6-11(9-14)17-12/h6-7,9-10H,2-5,8H2,1H3. The molecule has 1 fully saturated rings. The Kier molecular flexibility index (Phi) is 3.87. The van der Waals surface area contributed by atoms with Gasteiger partial charge in [-0.1, -0.05) is 12.8 Å². The topological polar surface area (TPSA) is 67.6 Å². The van der Waals surface area contributed by atoms with Gasteiger partial charge in [-0.3, -0.25) is 4.79 Å². The number of carbonyl (C=O) groups excluding carboxylic acids is 1. The van der Waals surface area contributed by atoms with Crippen LogP contribution in [0, 0.1) is 0 Å². The molecule has 0 spiro atoms. The molecule has 2 heterocycles. The molecule has 0 radical (unpaired) electrons. The Morgan fingerprint density at radius 2 is 2.11 bits per heavy atom. The summed E-state index contributed by atoms with van der Waals surface area (Å²) in [5.74, 6) is 0.0380. The van der Waals surface area contributed by atoms with Crippen LogP contribution in [0.15, 0.2) is 21.6 Å². The Bertz CT molecular complexity index is 520. The van der Waals surface area contributed by atoms with E-state index in [1.807, 2.05) is 6.92 Å². The summed E-state index contributed by atoms with van der Waals surface area (Å²) >= 11 is 0. The molecule has 18 heavy (non-hydrogen) atoms. The Balaban J connectivity index is 2.31. The van der Waals surface area contributed by atoms with Crippen molar-refractivity contribution in [3.63, 3.8) is 0 Å². The van der Waals surface area contributed by atoms with Crippen molar-refractivity contribution in [3.05, 3.63) is 17.9 Å². The Labute approximate surface area is 107 Å². The molecule has 0 amide bonds. The molecule has 1 aromatic heterocycles. The number of carbonyl (C=O) groups is 1.